The average Bonchev–Trinajstić information content (AvgIpc) is 3.77. The Morgan fingerprint density at radius 1 is 1.17 bits per heavy atom. The minimum Gasteiger partial charge on any atom is -0.391 e. The van der Waals surface area contributed by atoms with Gasteiger partial charge in [0.2, 0.25) is 11.8 Å². The van der Waals surface area contributed by atoms with Crippen molar-refractivity contribution >= 4 is 29.0 Å². The summed E-state index contributed by atoms with van der Waals surface area (Å²) in [5, 5.41) is 21.4. The van der Waals surface area contributed by atoms with E-state index >= 15 is 0 Å². The Bertz CT molecular complexity index is 1400. The van der Waals surface area contributed by atoms with E-state index in [1.54, 1.807) is 11.3 Å². The fourth-order valence-corrected chi connectivity index (χ4v) is 7.33. The lowest BCUT2D eigenvalue weighted by Gasteiger charge is -2.29. The molecule has 3 N–H and O–H groups in total. The summed E-state index contributed by atoms with van der Waals surface area (Å²) in [6, 6.07) is 9.80. The van der Waals surface area contributed by atoms with Gasteiger partial charge < -0.3 is 30.1 Å². The smallest absolute Gasteiger partial charge is 0.243 e. The molecule has 10 nitrogen and oxygen atoms in total. The number of piperazine rings is 1. The molecule has 1 aromatic carbocycles. The molecule has 0 radical (unpaired) electrons. The van der Waals surface area contributed by atoms with E-state index in [2.05, 4.69) is 25.7 Å². The van der Waals surface area contributed by atoms with Crippen LogP contribution in [-0.4, -0.2) is 75.8 Å². The van der Waals surface area contributed by atoms with E-state index in [1.807, 2.05) is 63.5 Å². The molecule has 41 heavy (non-hydrogen) atoms. The molecule has 0 saturated carbocycles. The standard InChI is InChI=1S/C30H38N6O4S/c1-16(2)27(25-11-26(34-40-25)35-13-21-9-22(35)12-31-21)30(39)36-14-23(37)10-24(36)29(38)33-17(3)19-5-7-20(8-6-19)28-18(4)32-15-41-28/h5-8,11,15-17,21-24,27,31,37H,9-10,12-14H2,1-4H3,(H,33,38)/t17-,21+,22+,23+,24-,27+/m0/s1. The number of amides is 2. The number of rotatable bonds is 8. The molecule has 3 saturated heterocycles. The van der Waals surface area contributed by atoms with Gasteiger partial charge in [-0.1, -0.05) is 43.3 Å². The van der Waals surface area contributed by atoms with Gasteiger partial charge in [0.25, 0.3) is 0 Å². The first kappa shape index (κ1) is 27.9. The van der Waals surface area contributed by atoms with E-state index < -0.39 is 18.1 Å². The van der Waals surface area contributed by atoms with Crippen LogP contribution in [0.25, 0.3) is 10.4 Å². The largest absolute Gasteiger partial charge is 0.391 e. The molecule has 2 amide bonds. The molecule has 3 aliphatic heterocycles. The van der Waals surface area contributed by atoms with Gasteiger partial charge in [-0.05, 0) is 37.3 Å². The first-order valence-electron chi connectivity index (χ1n) is 14.5. The Kier molecular flexibility index (Phi) is 7.60. The number of nitrogens with zero attached hydrogens (tertiary/aromatic N) is 4. The SMILES string of the molecule is Cc1ncsc1-c1ccc([C@H](C)NC(=O)[C@@H]2C[C@@H](O)CN2C(=O)[C@@H](c2cc(N3C[C@H]4C[C@@H]3CN4)no2)C(C)C)cc1. The van der Waals surface area contributed by atoms with Gasteiger partial charge in [0, 0.05) is 44.2 Å². The van der Waals surface area contributed by atoms with Crippen LogP contribution in [0.2, 0.25) is 0 Å². The summed E-state index contributed by atoms with van der Waals surface area (Å²) in [6.07, 6.45) is 0.521. The molecule has 6 atom stereocenters. The average molecular weight is 579 g/mol. The Balaban J connectivity index is 1.15. The van der Waals surface area contributed by atoms with Gasteiger partial charge in [-0.15, -0.1) is 11.3 Å². The quantitative estimate of drug-likeness (QED) is 0.372. The zero-order valence-corrected chi connectivity index (χ0v) is 24.7. The topological polar surface area (TPSA) is 124 Å². The van der Waals surface area contributed by atoms with Crippen molar-refractivity contribution in [2.45, 2.75) is 76.7 Å². The highest BCUT2D eigenvalue weighted by Gasteiger charge is 2.44. The fraction of sp³-hybridized carbons (Fsp3) is 0.533. The number of β-amino-alcohol motifs (C(OH)–C–C–N with tert-alkyl or cyclic N) is 1. The lowest BCUT2D eigenvalue weighted by molar-refractivity contribution is -0.141. The number of benzene rings is 1. The zero-order chi connectivity index (χ0) is 28.8. The highest BCUT2D eigenvalue weighted by molar-refractivity contribution is 7.13. The number of hydrogen-bond acceptors (Lipinski definition) is 9. The number of thiazole rings is 1. The predicted molar refractivity (Wildman–Crippen MR) is 157 cm³/mol. The Morgan fingerprint density at radius 3 is 2.59 bits per heavy atom. The van der Waals surface area contributed by atoms with Gasteiger partial charge in [-0.2, -0.15) is 0 Å². The summed E-state index contributed by atoms with van der Waals surface area (Å²) in [5.74, 6) is 0.0811. The van der Waals surface area contributed by atoms with Crippen molar-refractivity contribution in [2.75, 3.05) is 24.5 Å². The Hall–Kier alpha value is -3.28. The van der Waals surface area contributed by atoms with Crippen LogP contribution in [-0.2, 0) is 9.59 Å². The number of aromatic nitrogens is 2. The number of fused-ring (bicyclic) bond motifs is 2. The molecular formula is C30H38N6O4S. The number of hydrogen-bond donors (Lipinski definition) is 3. The summed E-state index contributed by atoms with van der Waals surface area (Å²) in [4.78, 5) is 36.7. The number of aliphatic hydroxyl groups is 1. The van der Waals surface area contributed by atoms with Crippen LogP contribution in [0.5, 0.6) is 0 Å². The highest BCUT2D eigenvalue weighted by atomic mass is 32.1. The maximum absolute atomic E-state index is 14.0. The van der Waals surface area contributed by atoms with Crippen LogP contribution in [0.4, 0.5) is 5.82 Å². The number of aryl methyl sites for hydroxylation is 1. The van der Waals surface area contributed by atoms with Gasteiger partial charge in [-0.25, -0.2) is 4.98 Å². The maximum atomic E-state index is 14.0. The van der Waals surface area contributed by atoms with Crippen molar-refractivity contribution < 1.29 is 19.2 Å². The van der Waals surface area contributed by atoms with E-state index in [0.717, 1.165) is 47.0 Å². The molecule has 2 bridgehead atoms. The van der Waals surface area contributed by atoms with Crippen molar-refractivity contribution in [1.29, 1.82) is 0 Å². The van der Waals surface area contributed by atoms with Crippen LogP contribution in [0.15, 0.2) is 40.4 Å². The highest BCUT2D eigenvalue weighted by Crippen LogP contribution is 2.35. The predicted octanol–water partition coefficient (Wildman–Crippen LogP) is 3.24. The molecular weight excluding hydrogens is 540 g/mol. The lowest BCUT2D eigenvalue weighted by Crippen LogP contribution is -2.48. The van der Waals surface area contributed by atoms with Gasteiger partial charge in [0.05, 0.1) is 28.2 Å². The normalized spacial score (nSPS) is 25.2. The number of nitrogens with one attached hydrogen (secondary N) is 2. The van der Waals surface area contributed by atoms with E-state index in [0.29, 0.717) is 17.8 Å². The number of anilines is 1. The number of likely N-dealkylation sites (tertiary alicyclic amines) is 1. The molecule has 0 spiro atoms. The minimum atomic E-state index is -0.766. The van der Waals surface area contributed by atoms with Crippen LogP contribution in [0.1, 0.15) is 62.6 Å². The van der Waals surface area contributed by atoms with Gasteiger partial charge >= 0.3 is 0 Å². The molecule has 11 heteroatoms. The monoisotopic (exact) mass is 578 g/mol. The molecule has 6 rings (SSSR count). The third-order valence-electron chi connectivity index (χ3n) is 8.75. The zero-order valence-electron chi connectivity index (χ0n) is 23.9. The van der Waals surface area contributed by atoms with Crippen LogP contribution in [0.3, 0.4) is 0 Å². The van der Waals surface area contributed by atoms with Crippen molar-refractivity contribution in [1.82, 2.24) is 25.7 Å². The van der Waals surface area contributed by atoms with Crippen molar-refractivity contribution in [3.8, 4) is 10.4 Å². The Morgan fingerprint density at radius 2 is 1.95 bits per heavy atom. The second-order valence-electron chi connectivity index (χ2n) is 12.0. The molecule has 218 valence electrons. The van der Waals surface area contributed by atoms with Gasteiger partial charge in [-0.3, -0.25) is 9.59 Å². The van der Waals surface area contributed by atoms with E-state index in [9.17, 15) is 14.7 Å². The first-order chi connectivity index (χ1) is 19.7. The molecule has 5 heterocycles. The van der Waals surface area contributed by atoms with Gasteiger partial charge in [0.1, 0.15) is 12.0 Å². The molecule has 0 unspecified atom stereocenters. The van der Waals surface area contributed by atoms with Crippen molar-refractivity contribution in [3.63, 3.8) is 0 Å². The maximum Gasteiger partial charge on any atom is 0.243 e. The first-order valence-corrected chi connectivity index (χ1v) is 15.3. The summed E-state index contributed by atoms with van der Waals surface area (Å²) in [5.41, 5.74) is 4.88. The van der Waals surface area contributed by atoms with Crippen molar-refractivity contribution in [2.24, 2.45) is 5.92 Å². The van der Waals surface area contributed by atoms with E-state index in [4.69, 9.17) is 4.52 Å². The third-order valence-corrected chi connectivity index (χ3v) is 9.73. The second-order valence-corrected chi connectivity index (χ2v) is 12.8. The molecule has 3 fully saturated rings. The Labute approximate surface area is 244 Å². The summed E-state index contributed by atoms with van der Waals surface area (Å²) >= 11 is 1.60. The fourth-order valence-electron chi connectivity index (χ4n) is 6.52. The van der Waals surface area contributed by atoms with Crippen molar-refractivity contribution in [3.05, 3.63) is 52.9 Å². The molecule has 0 aliphatic carbocycles. The third kappa shape index (κ3) is 5.38. The number of carbonyl (C=O) groups is 2. The summed E-state index contributed by atoms with van der Waals surface area (Å²) < 4.78 is 5.75. The molecule has 3 aliphatic rings. The number of aliphatic hydroxyl groups excluding tert-OH is 1. The van der Waals surface area contributed by atoms with Gasteiger partial charge in [0.15, 0.2) is 11.6 Å². The second kappa shape index (κ2) is 11.2. The van der Waals surface area contributed by atoms with Crippen LogP contribution >= 0.6 is 11.3 Å². The van der Waals surface area contributed by atoms with E-state index in [-0.39, 0.29) is 36.7 Å². The molecule has 3 aromatic rings. The summed E-state index contributed by atoms with van der Waals surface area (Å²) in [6.45, 7) is 9.77. The minimum absolute atomic E-state index is 0.0823. The van der Waals surface area contributed by atoms with Crippen LogP contribution < -0.4 is 15.5 Å². The lowest BCUT2D eigenvalue weighted by atomic mass is 9.91. The number of carbonyl (C=O) groups excluding carboxylic acids is 2. The van der Waals surface area contributed by atoms with Crippen LogP contribution in [0, 0.1) is 12.8 Å². The van der Waals surface area contributed by atoms with E-state index in [1.165, 1.54) is 4.90 Å². The summed E-state index contributed by atoms with van der Waals surface area (Å²) in [7, 11) is 0. The molecule has 2 aromatic heterocycles.